The van der Waals surface area contributed by atoms with E-state index < -0.39 is 0 Å². The Kier molecular flexibility index (Phi) is 5.44. The topological polar surface area (TPSA) is 65.1 Å². The van der Waals surface area contributed by atoms with E-state index in [-0.39, 0.29) is 12.2 Å². The van der Waals surface area contributed by atoms with Crippen LogP contribution >= 0.6 is 0 Å². The predicted octanol–water partition coefficient (Wildman–Crippen LogP) is 0.461. The first-order chi connectivity index (χ1) is 5.97. The van der Waals surface area contributed by atoms with Crippen molar-refractivity contribution in [1.82, 2.24) is 10.2 Å². The minimum absolute atomic E-state index is 0.0683. The number of nitrogens with one attached hydrogen (secondary N) is 1. The zero-order valence-corrected chi connectivity index (χ0v) is 8.91. The number of rotatable bonds is 5. The Hall–Kier alpha value is -0.790. The van der Waals surface area contributed by atoms with Crippen LogP contribution in [-0.4, -0.2) is 30.2 Å². The molecule has 0 radical (unpaired) electrons. The molecule has 3 N–H and O–H groups in total. The third-order valence-electron chi connectivity index (χ3n) is 1.99. The van der Waals surface area contributed by atoms with Crippen molar-refractivity contribution in [3.63, 3.8) is 0 Å². The van der Waals surface area contributed by atoms with Crippen LogP contribution in [0.5, 0.6) is 0 Å². The molecule has 13 heavy (non-hydrogen) atoms. The van der Waals surface area contributed by atoms with Crippen molar-refractivity contribution in [2.75, 3.05) is 7.05 Å². The lowest BCUT2D eigenvalue weighted by molar-refractivity contribution is 0.275. The minimum Gasteiger partial charge on any atom is -0.328 e. The molecule has 0 bridgehead atoms. The van der Waals surface area contributed by atoms with Crippen LogP contribution in [0.25, 0.3) is 0 Å². The van der Waals surface area contributed by atoms with E-state index >= 15 is 0 Å². The molecular formula is C9H20N4. The molecule has 0 aliphatic rings. The van der Waals surface area contributed by atoms with Gasteiger partial charge in [0.05, 0.1) is 6.17 Å². The fourth-order valence-corrected chi connectivity index (χ4v) is 1.24. The van der Waals surface area contributed by atoms with Crippen LogP contribution in [0.2, 0.25) is 0 Å². The fraction of sp³-hybridized carbons (Fsp3) is 0.889. The largest absolute Gasteiger partial charge is 0.328 e. The van der Waals surface area contributed by atoms with E-state index in [1.807, 2.05) is 13.8 Å². The molecule has 0 saturated carbocycles. The second-order valence-electron chi connectivity index (χ2n) is 3.67. The molecule has 0 heterocycles. The van der Waals surface area contributed by atoms with Crippen LogP contribution in [0.4, 0.5) is 0 Å². The van der Waals surface area contributed by atoms with Gasteiger partial charge in [-0.2, -0.15) is 5.26 Å². The second kappa shape index (κ2) is 5.79. The van der Waals surface area contributed by atoms with Gasteiger partial charge in [-0.3, -0.25) is 10.2 Å². The van der Waals surface area contributed by atoms with E-state index in [2.05, 4.69) is 18.4 Å². The van der Waals surface area contributed by atoms with Crippen molar-refractivity contribution >= 4 is 0 Å². The van der Waals surface area contributed by atoms with Crippen LogP contribution in [0, 0.1) is 11.5 Å². The van der Waals surface area contributed by atoms with Gasteiger partial charge in [0.2, 0.25) is 0 Å². The number of hydrogen-bond donors (Lipinski definition) is 2. The summed E-state index contributed by atoms with van der Waals surface area (Å²) in [6.07, 6.45) is 3.05. The molecule has 4 nitrogen and oxygen atoms in total. The molecule has 0 spiro atoms. The van der Waals surface area contributed by atoms with E-state index in [4.69, 9.17) is 11.0 Å². The second-order valence-corrected chi connectivity index (χ2v) is 3.67. The summed E-state index contributed by atoms with van der Waals surface area (Å²) in [4.78, 5) is 1.58. The van der Waals surface area contributed by atoms with Gasteiger partial charge in [-0.1, -0.05) is 0 Å². The van der Waals surface area contributed by atoms with Gasteiger partial charge in [0.1, 0.15) is 0 Å². The van der Waals surface area contributed by atoms with Crippen LogP contribution < -0.4 is 11.1 Å². The van der Waals surface area contributed by atoms with Gasteiger partial charge in [0, 0.05) is 19.1 Å². The molecule has 0 rings (SSSR count). The summed E-state index contributed by atoms with van der Waals surface area (Å²) < 4.78 is 0. The van der Waals surface area contributed by atoms with Crippen LogP contribution in [-0.2, 0) is 0 Å². The van der Waals surface area contributed by atoms with Crippen LogP contribution in [0.1, 0.15) is 27.2 Å². The first kappa shape index (κ1) is 12.2. The Morgan fingerprint density at radius 2 is 2.00 bits per heavy atom. The summed E-state index contributed by atoms with van der Waals surface area (Å²) >= 11 is 0. The van der Waals surface area contributed by atoms with Crippen molar-refractivity contribution in [2.24, 2.45) is 5.73 Å². The number of nitrogens with zero attached hydrogens (tertiary/aromatic N) is 2. The maximum atomic E-state index is 8.61. The van der Waals surface area contributed by atoms with E-state index in [1.165, 1.54) is 0 Å². The Morgan fingerprint density at radius 1 is 1.46 bits per heavy atom. The lowest BCUT2D eigenvalue weighted by Gasteiger charge is -2.25. The highest BCUT2D eigenvalue weighted by Crippen LogP contribution is 1.98. The summed E-state index contributed by atoms with van der Waals surface area (Å²) in [5, 5.41) is 11.9. The monoisotopic (exact) mass is 184 g/mol. The molecule has 4 heteroatoms. The van der Waals surface area contributed by atoms with Crippen molar-refractivity contribution in [2.45, 2.75) is 45.4 Å². The fourth-order valence-electron chi connectivity index (χ4n) is 1.24. The summed E-state index contributed by atoms with van der Waals surface area (Å²) in [5.74, 6) is 0. The van der Waals surface area contributed by atoms with E-state index in [0.717, 1.165) is 6.42 Å². The van der Waals surface area contributed by atoms with E-state index in [9.17, 15) is 0 Å². The molecule has 76 valence electrons. The average molecular weight is 184 g/mol. The number of hydrogen-bond acceptors (Lipinski definition) is 4. The van der Waals surface area contributed by atoms with E-state index in [0.29, 0.717) is 6.04 Å². The summed E-state index contributed by atoms with van der Waals surface area (Å²) in [6, 6.07) is 0.535. The Morgan fingerprint density at radius 3 is 2.38 bits per heavy atom. The van der Waals surface area contributed by atoms with Crippen molar-refractivity contribution < 1.29 is 0 Å². The third-order valence-corrected chi connectivity index (χ3v) is 1.99. The van der Waals surface area contributed by atoms with Gasteiger partial charge in [0.25, 0.3) is 0 Å². The molecule has 0 aliphatic heterocycles. The summed E-state index contributed by atoms with van der Waals surface area (Å²) in [6.45, 7) is 6.02. The quantitative estimate of drug-likeness (QED) is 0.370. The molecule has 3 atom stereocenters. The Bertz CT molecular complexity index is 173. The highest BCUT2D eigenvalue weighted by atomic mass is 15.2. The molecule has 0 aromatic rings. The molecule has 0 saturated heterocycles. The number of nitriles is 1. The van der Waals surface area contributed by atoms with Crippen LogP contribution in [0.15, 0.2) is 0 Å². The van der Waals surface area contributed by atoms with Gasteiger partial charge < -0.3 is 5.73 Å². The van der Waals surface area contributed by atoms with Gasteiger partial charge >= 0.3 is 0 Å². The zero-order chi connectivity index (χ0) is 10.4. The maximum absolute atomic E-state index is 8.61. The predicted molar refractivity (Wildman–Crippen MR) is 53.7 cm³/mol. The lowest BCUT2D eigenvalue weighted by atomic mass is 10.1. The van der Waals surface area contributed by atoms with Gasteiger partial charge in [-0.05, 0) is 27.2 Å². The highest BCUT2D eigenvalue weighted by molar-refractivity contribution is 4.77. The molecular weight excluding hydrogens is 164 g/mol. The normalized spacial score (nSPS) is 17.2. The van der Waals surface area contributed by atoms with Gasteiger partial charge in [-0.15, -0.1) is 0 Å². The smallest absolute Gasteiger partial charge is 0.180 e. The molecule has 0 aromatic carbocycles. The van der Waals surface area contributed by atoms with Crippen LogP contribution in [0.3, 0.4) is 0 Å². The minimum atomic E-state index is 0.0683. The third kappa shape index (κ3) is 5.45. The van der Waals surface area contributed by atoms with Gasteiger partial charge in [-0.25, -0.2) is 0 Å². The SMILES string of the molecule is CC(N)CC(C)NC(C)N(C)C#N. The van der Waals surface area contributed by atoms with Crippen molar-refractivity contribution in [1.29, 1.82) is 5.26 Å². The molecule has 0 aliphatic carbocycles. The standard InChI is InChI=1S/C9H20N4/c1-7(11)5-8(2)12-9(3)13(4)6-10/h7-9,12H,5,11H2,1-4H3. The van der Waals surface area contributed by atoms with Gasteiger partial charge in [0.15, 0.2) is 6.19 Å². The lowest BCUT2D eigenvalue weighted by Crippen LogP contribution is -2.44. The summed E-state index contributed by atoms with van der Waals surface area (Å²) in [5.41, 5.74) is 5.66. The van der Waals surface area contributed by atoms with Crippen molar-refractivity contribution in [3.8, 4) is 6.19 Å². The molecule has 0 aromatic heterocycles. The highest BCUT2D eigenvalue weighted by Gasteiger charge is 2.11. The van der Waals surface area contributed by atoms with E-state index in [1.54, 1.807) is 11.9 Å². The Balaban J connectivity index is 3.79. The molecule has 3 unspecified atom stereocenters. The Labute approximate surface area is 80.7 Å². The maximum Gasteiger partial charge on any atom is 0.180 e. The number of nitrogens with two attached hydrogens (primary N) is 1. The molecule has 0 amide bonds. The first-order valence-electron chi connectivity index (χ1n) is 4.61. The zero-order valence-electron chi connectivity index (χ0n) is 8.91. The molecule has 0 fully saturated rings. The van der Waals surface area contributed by atoms with Crippen molar-refractivity contribution in [3.05, 3.63) is 0 Å². The average Bonchev–Trinajstić information content (AvgIpc) is 2.01. The first-order valence-corrected chi connectivity index (χ1v) is 4.61. The summed E-state index contributed by atoms with van der Waals surface area (Å²) in [7, 11) is 1.76.